The summed E-state index contributed by atoms with van der Waals surface area (Å²) in [5, 5.41) is -0.439. The summed E-state index contributed by atoms with van der Waals surface area (Å²) in [6.07, 6.45) is 0. The minimum absolute atomic E-state index is 0.0453. The van der Waals surface area contributed by atoms with Gasteiger partial charge in [-0.25, -0.2) is 0 Å². The summed E-state index contributed by atoms with van der Waals surface area (Å²) in [6.45, 7) is 0.0558. The lowest BCUT2D eigenvalue weighted by Crippen LogP contribution is -2.13. The standard InChI is InChI=1S/C9H10ClNO.C8H6Cl2O/c10-5-7-1-3-8(4-2-7)9(12)6-11;9-5-6-1-3-7(4-2-6)8(10)11/h1-4H,5-6,11H2;1-4H,5H2. The molecule has 2 aromatic carbocycles. The van der Waals surface area contributed by atoms with Crippen molar-refractivity contribution < 1.29 is 9.59 Å². The highest BCUT2D eigenvalue weighted by Gasteiger charge is 2.01. The van der Waals surface area contributed by atoms with Crippen LogP contribution in [0.15, 0.2) is 48.5 Å². The fourth-order valence-electron chi connectivity index (χ4n) is 1.62. The summed E-state index contributed by atoms with van der Waals surface area (Å²) in [7, 11) is 0. The molecule has 0 aromatic heterocycles. The van der Waals surface area contributed by atoms with Gasteiger partial charge >= 0.3 is 0 Å². The van der Waals surface area contributed by atoms with Crippen molar-refractivity contribution in [1.82, 2.24) is 0 Å². The lowest BCUT2D eigenvalue weighted by Gasteiger charge is -1.98. The molecule has 0 saturated carbocycles. The van der Waals surface area contributed by atoms with Crippen LogP contribution in [0.25, 0.3) is 0 Å². The number of carbonyl (C=O) groups excluding carboxylic acids is 2. The Morgan fingerprint density at radius 3 is 1.48 bits per heavy atom. The maximum absolute atomic E-state index is 11.1. The molecule has 0 saturated heterocycles. The van der Waals surface area contributed by atoms with Gasteiger partial charge in [-0.2, -0.15) is 0 Å². The quantitative estimate of drug-likeness (QED) is 0.481. The zero-order valence-corrected chi connectivity index (χ0v) is 14.5. The van der Waals surface area contributed by atoms with Gasteiger partial charge in [0.2, 0.25) is 0 Å². The highest BCUT2D eigenvalue weighted by Crippen LogP contribution is 2.08. The van der Waals surface area contributed by atoms with Crippen LogP contribution in [0.1, 0.15) is 31.8 Å². The zero-order chi connectivity index (χ0) is 17.2. The van der Waals surface area contributed by atoms with E-state index in [1.807, 2.05) is 12.1 Å². The summed E-state index contributed by atoms with van der Waals surface area (Å²) in [5.74, 6) is 0.879. The van der Waals surface area contributed by atoms with Gasteiger partial charge in [-0.05, 0) is 34.9 Å². The second kappa shape index (κ2) is 10.4. The van der Waals surface area contributed by atoms with Gasteiger partial charge < -0.3 is 5.73 Å². The molecule has 2 N–H and O–H groups in total. The number of hydrogen-bond acceptors (Lipinski definition) is 3. The average Bonchev–Trinajstić information content (AvgIpc) is 2.61. The Morgan fingerprint density at radius 1 is 0.783 bits per heavy atom. The smallest absolute Gasteiger partial charge is 0.252 e. The Morgan fingerprint density at radius 2 is 1.17 bits per heavy atom. The van der Waals surface area contributed by atoms with E-state index < -0.39 is 5.24 Å². The Bertz CT molecular complexity index is 640. The predicted octanol–water partition coefficient (Wildman–Crippen LogP) is 4.37. The van der Waals surface area contributed by atoms with Crippen LogP contribution >= 0.6 is 34.8 Å². The molecule has 23 heavy (non-hydrogen) atoms. The van der Waals surface area contributed by atoms with Gasteiger partial charge in [0, 0.05) is 22.9 Å². The Hall–Kier alpha value is -1.39. The maximum Gasteiger partial charge on any atom is 0.252 e. The number of Topliss-reactive ketones (excluding diaryl/α,β-unsaturated/α-hetero) is 1. The van der Waals surface area contributed by atoms with Crippen LogP contribution in [0.2, 0.25) is 0 Å². The van der Waals surface area contributed by atoms with E-state index in [4.69, 9.17) is 40.5 Å². The number of rotatable bonds is 5. The number of nitrogens with two attached hydrogens (primary N) is 1. The molecule has 0 fully saturated rings. The normalized spacial score (nSPS) is 9.74. The first-order chi connectivity index (χ1) is 11.0. The van der Waals surface area contributed by atoms with Gasteiger partial charge in [0.25, 0.3) is 5.24 Å². The maximum atomic E-state index is 11.1. The first-order valence-electron chi connectivity index (χ1n) is 6.74. The third-order valence-corrected chi connectivity index (χ3v) is 3.79. The Labute approximate surface area is 150 Å². The van der Waals surface area contributed by atoms with Gasteiger partial charge in [0.05, 0.1) is 6.54 Å². The van der Waals surface area contributed by atoms with Gasteiger partial charge in [-0.1, -0.05) is 36.4 Å². The number of benzene rings is 2. The minimum atomic E-state index is -0.439. The summed E-state index contributed by atoms with van der Waals surface area (Å²) < 4.78 is 0. The van der Waals surface area contributed by atoms with Crippen LogP contribution in [0.4, 0.5) is 0 Å². The van der Waals surface area contributed by atoms with E-state index in [0.29, 0.717) is 22.9 Å². The highest BCUT2D eigenvalue weighted by atomic mass is 35.5. The third-order valence-electron chi connectivity index (χ3n) is 2.95. The van der Waals surface area contributed by atoms with Crippen LogP contribution in [-0.4, -0.2) is 17.6 Å². The Kier molecular flexibility index (Phi) is 8.89. The molecular weight excluding hydrogens is 357 g/mol. The average molecular weight is 373 g/mol. The number of carbonyl (C=O) groups is 2. The van der Waals surface area contributed by atoms with Crippen LogP contribution in [-0.2, 0) is 11.8 Å². The fourth-order valence-corrected chi connectivity index (χ4v) is 2.10. The summed E-state index contributed by atoms with van der Waals surface area (Å²) >= 11 is 16.4. The molecule has 0 radical (unpaired) electrons. The topological polar surface area (TPSA) is 60.2 Å². The second-order valence-corrected chi connectivity index (χ2v) is 5.44. The minimum Gasteiger partial charge on any atom is -0.324 e. The number of ketones is 1. The van der Waals surface area contributed by atoms with Crippen LogP contribution < -0.4 is 5.73 Å². The first kappa shape index (κ1) is 19.7. The highest BCUT2D eigenvalue weighted by molar-refractivity contribution is 6.67. The lowest BCUT2D eigenvalue weighted by molar-refractivity contribution is 0.100. The van der Waals surface area contributed by atoms with Crippen molar-refractivity contribution in [1.29, 1.82) is 0 Å². The first-order valence-corrected chi connectivity index (χ1v) is 8.19. The largest absolute Gasteiger partial charge is 0.324 e. The zero-order valence-electron chi connectivity index (χ0n) is 12.3. The summed E-state index contributed by atoms with van der Waals surface area (Å²) in [5.41, 5.74) is 8.33. The molecule has 0 amide bonds. The van der Waals surface area contributed by atoms with Crippen molar-refractivity contribution in [3.05, 3.63) is 70.8 Å². The van der Waals surface area contributed by atoms with Crippen molar-refractivity contribution in [2.75, 3.05) is 6.54 Å². The molecule has 0 aliphatic heterocycles. The van der Waals surface area contributed by atoms with E-state index in [1.54, 1.807) is 36.4 Å². The van der Waals surface area contributed by atoms with E-state index >= 15 is 0 Å². The molecule has 0 atom stereocenters. The number of alkyl halides is 2. The van der Waals surface area contributed by atoms with Crippen molar-refractivity contribution in [2.45, 2.75) is 11.8 Å². The second-order valence-electron chi connectivity index (χ2n) is 4.56. The summed E-state index contributed by atoms with van der Waals surface area (Å²) in [6, 6.07) is 14.0. The molecule has 0 heterocycles. The number of halogens is 3. The van der Waals surface area contributed by atoms with E-state index in [-0.39, 0.29) is 12.3 Å². The van der Waals surface area contributed by atoms with Gasteiger partial charge in [0.1, 0.15) is 0 Å². The van der Waals surface area contributed by atoms with Crippen LogP contribution in [0, 0.1) is 0 Å². The predicted molar refractivity (Wildman–Crippen MR) is 95.6 cm³/mol. The molecule has 0 aliphatic carbocycles. The van der Waals surface area contributed by atoms with Crippen molar-refractivity contribution in [3.8, 4) is 0 Å². The molecule has 122 valence electrons. The van der Waals surface area contributed by atoms with E-state index in [1.165, 1.54) is 0 Å². The molecule has 3 nitrogen and oxygen atoms in total. The molecule has 0 aliphatic rings. The molecular formula is C17H16Cl3NO2. The molecule has 0 unspecified atom stereocenters. The Balaban J connectivity index is 0.000000231. The van der Waals surface area contributed by atoms with E-state index in [0.717, 1.165) is 11.1 Å². The van der Waals surface area contributed by atoms with E-state index in [2.05, 4.69) is 0 Å². The monoisotopic (exact) mass is 371 g/mol. The SMILES string of the molecule is NCC(=O)c1ccc(CCl)cc1.O=C(Cl)c1ccc(CCl)cc1. The molecule has 0 bridgehead atoms. The lowest BCUT2D eigenvalue weighted by atomic mass is 10.1. The summed E-state index contributed by atoms with van der Waals surface area (Å²) in [4.78, 5) is 21.6. The van der Waals surface area contributed by atoms with E-state index in [9.17, 15) is 9.59 Å². The van der Waals surface area contributed by atoms with Crippen molar-refractivity contribution >= 4 is 45.8 Å². The third kappa shape index (κ3) is 6.71. The van der Waals surface area contributed by atoms with Crippen molar-refractivity contribution in [2.24, 2.45) is 5.73 Å². The number of hydrogen-bond donors (Lipinski definition) is 1. The molecule has 2 aromatic rings. The van der Waals surface area contributed by atoms with Gasteiger partial charge in [-0.15, -0.1) is 23.2 Å². The van der Waals surface area contributed by atoms with Crippen LogP contribution in [0.5, 0.6) is 0 Å². The van der Waals surface area contributed by atoms with Crippen LogP contribution in [0.3, 0.4) is 0 Å². The van der Waals surface area contributed by atoms with Gasteiger partial charge in [0.15, 0.2) is 5.78 Å². The molecule has 2 rings (SSSR count). The van der Waals surface area contributed by atoms with Gasteiger partial charge in [-0.3, -0.25) is 9.59 Å². The molecule has 0 spiro atoms. The fraction of sp³-hybridized carbons (Fsp3) is 0.176. The van der Waals surface area contributed by atoms with Crippen molar-refractivity contribution in [3.63, 3.8) is 0 Å². The molecule has 6 heteroatoms.